The number of nitrogens with one attached hydrogen (secondary N) is 1. The van der Waals surface area contributed by atoms with Gasteiger partial charge in [-0.25, -0.2) is 4.79 Å². The number of nitriles is 1. The lowest BCUT2D eigenvalue weighted by molar-refractivity contribution is 0.183. The number of piperidine rings is 1. The molecule has 0 saturated carbocycles. The summed E-state index contributed by atoms with van der Waals surface area (Å²) in [6.45, 7) is 0.814. The molecule has 1 N–H and O–H groups in total. The predicted molar refractivity (Wildman–Crippen MR) is 42.3 cm³/mol. The fraction of sp³-hybridized carbons (Fsp3) is 0.750. The van der Waals surface area contributed by atoms with Crippen LogP contribution in [0.3, 0.4) is 0 Å². The predicted octanol–water partition coefficient (Wildman–Crippen LogP) is 0.456. The SMILES string of the molecule is N#CC1NC(=O)N2CCCCC12. The van der Waals surface area contributed by atoms with Crippen LogP contribution in [-0.4, -0.2) is 29.6 Å². The molecule has 2 aliphatic rings. The van der Waals surface area contributed by atoms with Crippen molar-refractivity contribution in [2.45, 2.75) is 31.3 Å². The van der Waals surface area contributed by atoms with Crippen LogP contribution >= 0.6 is 0 Å². The molecule has 2 heterocycles. The first kappa shape index (κ1) is 7.41. The highest BCUT2D eigenvalue weighted by molar-refractivity contribution is 5.78. The highest BCUT2D eigenvalue weighted by Gasteiger charge is 2.40. The van der Waals surface area contributed by atoms with E-state index in [4.69, 9.17) is 5.26 Å². The third-order valence-corrected chi connectivity index (χ3v) is 2.61. The Kier molecular flexibility index (Phi) is 1.65. The van der Waals surface area contributed by atoms with Crippen molar-refractivity contribution in [3.8, 4) is 6.07 Å². The summed E-state index contributed by atoms with van der Waals surface area (Å²) in [6.07, 6.45) is 3.17. The molecule has 0 aliphatic carbocycles. The van der Waals surface area contributed by atoms with E-state index >= 15 is 0 Å². The molecule has 2 fully saturated rings. The van der Waals surface area contributed by atoms with E-state index in [1.165, 1.54) is 0 Å². The van der Waals surface area contributed by atoms with Gasteiger partial charge in [0.25, 0.3) is 0 Å². The minimum absolute atomic E-state index is 0.0637. The van der Waals surface area contributed by atoms with Crippen molar-refractivity contribution in [3.05, 3.63) is 0 Å². The first-order valence-electron chi connectivity index (χ1n) is 4.29. The van der Waals surface area contributed by atoms with Gasteiger partial charge in [0.05, 0.1) is 12.1 Å². The molecular weight excluding hydrogens is 154 g/mol. The maximum Gasteiger partial charge on any atom is 0.318 e. The van der Waals surface area contributed by atoms with Crippen molar-refractivity contribution in [2.75, 3.05) is 6.54 Å². The first-order valence-corrected chi connectivity index (χ1v) is 4.29. The molecule has 2 atom stereocenters. The number of hydrogen-bond acceptors (Lipinski definition) is 2. The van der Waals surface area contributed by atoms with Gasteiger partial charge in [0.1, 0.15) is 6.04 Å². The molecule has 0 bridgehead atoms. The Morgan fingerprint density at radius 3 is 3.17 bits per heavy atom. The van der Waals surface area contributed by atoms with Gasteiger partial charge in [-0.05, 0) is 19.3 Å². The van der Waals surface area contributed by atoms with Crippen LogP contribution in [0.15, 0.2) is 0 Å². The Hall–Kier alpha value is -1.24. The highest BCUT2D eigenvalue weighted by Crippen LogP contribution is 2.23. The van der Waals surface area contributed by atoms with Crippen molar-refractivity contribution in [1.29, 1.82) is 5.26 Å². The third-order valence-electron chi connectivity index (χ3n) is 2.61. The molecular formula is C8H11N3O. The van der Waals surface area contributed by atoms with Crippen LogP contribution in [0.25, 0.3) is 0 Å². The minimum atomic E-state index is -0.280. The smallest absolute Gasteiger partial charge is 0.318 e. The van der Waals surface area contributed by atoms with Crippen molar-refractivity contribution < 1.29 is 4.79 Å². The number of rotatable bonds is 0. The number of amides is 2. The monoisotopic (exact) mass is 165 g/mol. The van der Waals surface area contributed by atoms with E-state index in [2.05, 4.69) is 11.4 Å². The lowest BCUT2D eigenvalue weighted by Crippen LogP contribution is -2.39. The molecule has 0 aromatic heterocycles. The quantitative estimate of drug-likeness (QED) is 0.566. The summed E-state index contributed by atoms with van der Waals surface area (Å²) in [5.41, 5.74) is 0. The highest BCUT2D eigenvalue weighted by atomic mass is 16.2. The van der Waals surface area contributed by atoms with E-state index in [1.54, 1.807) is 4.90 Å². The molecule has 0 spiro atoms. The molecule has 2 amide bonds. The number of carbonyl (C=O) groups excluding carboxylic acids is 1. The summed E-state index contributed by atoms with van der Waals surface area (Å²) < 4.78 is 0. The summed E-state index contributed by atoms with van der Waals surface area (Å²) in [4.78, 5) is 13.0. The Morgan fingerprint density at radius 2 is 2.42 bits per heavy atom. The van der Waals surface area contributed by atoms with E-state index in [9.17, 15) is 4.79 Å². The summed E-state index contributed by atoms with van der Waals surface area (Å²) in [5, 5.41) is 11.4. The average molecular weight is 165 g/mol. The fourth-order valence-corrected chi connectivity index (χ4v) is 1.99. The molecule has 2 rings (SSSR count). The molecule has 64 valence electrons. The largest absolute Gasteiger partial charge is 0.320 e. The maximum atomic E-state index is 11.2. The van der Waals surface area contributed by atoms with Gasteiger partial charge in [0.2, 0.25) is 0 Å². The number of hydrogen-bond donors (Lipinski definition) is 1. The zero-order valence-corrected chi connectivity index (χ0v) is 6.79. The Bertz CT molecular complexity index is 245. The van der Waals surface area contributed by atoms with Crippen LogP contribution in [-0.2, 0) is 0 Å². The molecule has 2 saturated heterocycles. The summed E-state index contributed by atoms with van der Waals surface area (Å²) in [5.74, 6) is 0. The fourth-order valence-electron chi connectivity index (χ4n) is 1.99. The normalized spacial score (nSPS) is 33.9. The summed E-state index contributed by atoms with van der Waals surface area (Å²) in [7, 11) is 0. The molecule has 0 aromatic rings. The number of nitrogens with zero attached hydrogens (tertiary/aromatic N) is 2. The van der Waals surface area contributed by atoms with Crippen molar-refractivity contribution in [2.24, 2.45) is 0 Å². The minimum Gasteiger partial charge on any atom is -0.320 e. The van der Waals surface area contributed by atoms with Gasteiger partial charge in [-0.2, -0.15) is 5.26 Å². The molecule has 0 radical (unpaired) electrons. The van der Waals surface area contributed by atoms with E-state index < -0.39 is 0 Å². The van der Waals surface area contributed by atoms with Gasteiger partial charge in [-0.3, -0.25) is 0 Å². The van der Waals surface area contributed by atoms with Gasteiger partial charge < -0.3 is 10.2 Å². The van der Waals surface area contributed by atoms with Crippen LogP contribution in [0.2, 0.25) is 0 Å². The zero-order valence-electron chi connectivity index (χ0n) is 6.79. The molecule has 0 aromatic carbocycles. The molecule has 4 heteroatoms. The Balaban J connectivity index is 2.17. The topological polar surface area (TPSA) is 56.1 Å². The standard InChI is InChI=1S/C8H11N3O/c9-5-6-7-3-1-2-4-11(7)8(12)10-6/h6-7H,1-4H2,(H,10,12). The summed E-state index contributed by atoms with van der Waals surface area (Å²) in [6, 6.07) is 1.91. The Morgan fingerprint density at radius 1 is 1.58 bits per heavy atom. The van der Waals surface area contributed by atoms with E-state index in [0.717, 1.165) is 25.8 Å². The summed E-state index contributed by atoms with van der Waals surface area (Å²) >= 11 is 0. The third kappa shape index (κ3) is 0.934. The van der Waals surface area contributed by atoms with E-state index in [1.807, 2.05) is 0 Å². The van der Waals surface area contributed by atoms with E-state index in [0.29, 0.717) is 0 Å². The first-order chi connectivity index (χ1) is 5.83. The van der Waals surface area contributed by atoms with Crippen LogP contribution in [0.5, 0.6) is 0 Å². The van der Waals surface area contributed by atoms with Crippen molar-refractivity contribution >= 4 is 6.03 Å². The van der Waals surface area contributed by atoms with E-state index in [-0.39, 0.29) is 18.1 Å². The molecule has 2 unspecified atom stereocenters. The number of urea groups is 1. The van der Waals surface area contributed by atoms with Gasteiger partial charge in [0, 0.05) is 6.54 Å². The second kappa shape index (κ2) is 2.67. The Labute approximate surface area is 71.1 Å². The van der Waals surface area contributed by atoms with Crippen molar-refractivity contribution in [1.82, 2.24) is 10.2 Å². The lowest BCUT2D eigenvalue weighted by Gasteiger charge is -2.28. The van der Waals surface area contributed by atoms with Crippen LogP contribution in [0, 0.1) is 11.3 Å². The van der Waals surface area contributed by atoms with Crippen LogP contribution in [0.1, 0.15) is 19.3 Å². The van der Waals surface area contributed by atoms with Crippen LogP contribution in [0.4, 0.5) is 4.79 Å². The van der Waals surface area contributed by atoms with Crippen LogP contribution < -0.4 is 5.32 Å². The molecule has 2 aliphatic heterocycles. The average Bonchev–Trinajstić information content (AvgIpc) is 2.44. The second-order valence-corrected chi connectivity index (χ2v) is 3.31. The zero-order chi connectivity index (χ0) is 8.55. The lowest BCUT2D eigenvalue weighted by atomic mass is 9.99. The second-order valence-electron chi connectivity index (χ2n) is 3.31. The van der Waals surface area contributed by atoms with Gasteiger partial charge in [0.15, 0.2) is 0 Å². The van der Waals surface area contributed by atoms with Gasteiger partial charge in [-0.15, -0.1) is 0 Å². The molecule has 12 heavy (non-hydrogen) atoms. The number of carbonyl (C=O) groups is 1. The maximum absolute atomic E-state index is 11.2. The number of fused-ring (bicyclic) bond motifs is 1. The van der Waals surface area contributed by atoms with Crippen molar-refractivity contribution in [3.63, 3.8) is 0 Å². The van der Waals surface area contributed by atoms with Gasteiger partial charge >= 0.3 is 6.03 Å². The molecule has 4 nitrogen and oxygen atoms in total. The van der Waals surface area contributed by atoms with Gasteiger partial charge in [-0.1, -0.05) is 0 Å².